The fourth-order valence-electron chi connectivity index (χ4n) is 2.13. The molecule has 0 aliphatic heterocycles. The molecule has 0 aromatic heterocycles. The van der Waals surface area contributed by atoms with Crippen LogP contribution in [-0.4, -0.2) is 0 Å². The maximum Gasteiger partial charge on any atom is 0.0397 e. The molecule has 0 unspecified atom stereocenters. The maximum atomic E-state index is 3.69. The average Bonchev–Trinajstić information content (AvgIpc) is 2.38. The zero-order valence-corrected chi connectivity index (χ0v) is 10.8. The summed E-state index contributed by atoms with van der Waals surface area (Å²) >= 11 is 0. The molecule has 0 radical (unpaired) electrons. The van der Waals surface area contributed by atoms with Crippen LogP contribution in [0.25, 0.3) is 0 Å². The molecule has 0 saturated carbocycles. The van der Waals surface area contributed by atoms with E-state index in [4.69, 9.17) is 0 Å². The summed E-state index contributed by atoms with van der Waals surface area (Å²) in [5.74, 6) is 0. The van der Waals surface area contributed by atoms with Crippen LogP contribution in [0.15, 0.2) is 61.3 Å². The van der Waals surface area contributed by atoms with E-state index in [1.807, 2.05) is 0 Å². The molecule has 1 nitrogen and oxygen atoms in total. The molecule has 1 heteroatoms. The van der Waals surface area contributed by atoms with Crippen molar-refractivity contribution >= 4 is 0 Å². The van der Waals surface area contributed by atoms with Gasteiger partial charge >= 0.3 is 0 Å². The predicted molar refractivity (Wildman–Crippen MR) is 77.5 cm³/mol. The summed E-state index contributed by atoms with van der Waals surface area (Å²) in [5, 5.41) is 3.17. The molecule has 1 N–H and O–H groups in total. The Morgan fingerprint density at radius 2 is 1.83 bits per heavy atom. The third-order valence-electron chi connectivity index (χ3n) is 3.03. The lowest BCUT2D eigenvalue weighted by atomic mass is 9.99. The molecule has 92 valence electrons. The highest BCUT2D eigenvalue weighted by Gasteiger charge is 2.02. The number of nitrogens with one attached hydrogen (secondary N) is 1. The summed E-state index contributed by atoms with van der Waals surface area (Å²) < 4.78 is 0. The van der Waals surface area contributed by atoms with Crippen LogP contribution in [-0.2, 0) is 13.0 Å². The van der Waals surface area contributed by atoms with Gasteiger partial charge in [0.05, 0.1) is 0 Å². The van der Waals surface area contributed by atoms with E-state index in [1.165, 1.54) is 22.3 Å². The highest BCUT2D eigenvalue weighted by molar-refractivity contribution is 5.34. The Balaban J connectivity index is 2.20. The molecule has 0 spiro atoms. The summed E-state index contributed by atoms with van der Waals surface area (Å²) in [5.41, 5.74) is 5.38. The lowest BCUT2D eigenvalue weighted by molar-refractivity contribution is 0.858. The Morgan fingerprint density at radius 1 is 1.06 bits per heavy atom. The highest BCUT2D eigenvalue weighted by atomic mass is 14.8. The van der Waals surface area contributed by atoms with Crippen molar-refractivity contribution in [3.8, 4) is 0 Å². The van der Waals surface area contributed by atoms with Crippen LogP contribution in [0, 0.1) is 6.92 Å². The largest absolute Gasteiger partial charge is 0.387 e. The standard InChI is InChI=1S/C17H19N/c1-3-18-13-17-10-5-4-9-16(17)12-15-8-6-7-14(2)11-15/h3-11,18H,1,12-13H2,2H3. The van der Waals surface area contributed by atoms with Crippen molar-refractivity contribution < 1.29 is 0 Å². The van der Waals surface area contributed by atoms with E-state index < -0.39 is 0 Å². The lowest BCUT2D eigenvalue weighted by Crippen LogP contribution is -2.06. The molecule has 0 atom stereocenters. The molecule has 0 bridgehead atoms. The van der Waals surface area contributed by atoms with Gasteiger partial charge < -0.3 is 5.32 Å². The van der Waals surface area contributed by atoms with Gasteiger partial charge in [0.2, 0.25) is 0 Å². The average molecular weight is 237 g/mol. The maximum absolute atomic E-state index is 3.69. The monoisotopic (exact) mass is 237 g/mol. The van der Waals surface area contributed by atoms with Crippen LogP contribution in [0.4, 0.5) is 0 Å². The second-order valence-corrected chi connectivity index (χ2v) is 4.52. The van der Waals surface area contributed by atoms with Crippen LogP contribution in [0.1, 0.15) is 22.3 Å². The van der Waals surface area contributed by atoms with Crippen LogP contribution in [0.5, 0.6) is 0 Å². The minimum absolute atomic E-state index is 0.839. The Hall–Kier alpha value is -2.02. The number of aryl methyl sites for hydroxylation is 1. The van der Waals surface area contributed by atoms with Gasteiger partial charge in [-0.1, -0.05) is 60.7 Å². The van der Waals surface area contributed by atoms with E-state index in [0.717, 1.165) is 13.0 Å². The Morgan fingerprint density at radius 3 is 2.56 bits per heavy atom. The van der Waals surface area contributed by atoms with Crippen LogP contribution >= 0.6 is 0 Å². The highest BCUT2D eigenvalue weighted by Crippen LogP contribution is 2.15. The first-order valence-electron chi connectivity index (χ1n) is 6.26. The minimum atomic E-state index is 0.839. The van der Waals surface area contributed by atoms with Gasteiger partial charge in [0, 0.05) is 6.54 Å². The van der Waals surface area contributed by atoms with Gasteiger partial charge in [-0.25, -0.2) is 0 Å². The van der Waals surface area contributed by atoms with E-state index >= 15 is 0 Å². The van der Waals surface area contributed by atoms with Crippen molar-refractivity contribution in [1.82, 2.24) is 5.32 Å². The van der Waals surface area contributed by atoms with E-state index in [2.05, 4.69) is 67.4 Å². The molecule has 0 amide bonds. The zero-order valence-electron chi connectivity index (χ0n) is 10.8. The van der Waals surface area contributed by atoms with Gasteiger partial charge in [-0.05, 0) is 36.2 Å². The second kappa shape index (κ2) is 6.06. The second-order valence-electron chi connectivity index (χ2n) is 4.52. The minimum Gasteiger partial charge on any atom is -0.387 e. The normalized spacial score (nSPS) is 10.1. The third kappa shape index (κ3) is 3.24. The molecule has 2 aromatic rings. The molecular formula is C17H19N. The molecule has 0 aliphatic carbocycles. The number of hydrogen-bond donors (Lipinski definition) is 1. The Bertz CT molecular complexity index is 529. The van der Waals surface area contributed by atoms with Gasteiger partial charge in [0.1, 0.15) is 0 Å². The van der Waals surface area contributed by atoms with Crippen molar-refractivity contribution in [2.75, 3.05) is 0 Å². The molecule has 2 rings (SSSR count). The van der Waals surface area contributed by atoms with Gasteiger partial charge in [-0.15, -0.1) is 0 Å². The topological polar surface area (TPSA) is 12.0 Å². The number of hydrogen-bond acceptors (Lipinski definition) is 1. The third-order valence-corrected chi connectivity index (χ3v) is 3.03. The van der Waals surface area contributed by atoms with Crippen molar-refractivity contribution in [3.63, 3.8) is 0 Å². The SMILES string of the molecule is C=CNCc1ccccc1Cc1cccc(C)c1. The molecule has 0 fully saturated rings. The molecule has 0 heterocycles. The summed E-state index contributed by atoms with van der Waals surface area (Å²) in [6.45, 7) is 6.66. The number of benzene rings is 2. The van der Waals surface area contributed by atoms with Gasteiger partial charge in [-0.3, -0.25) is 0 Å². The smallest absolute Gasteiger partial charge is 0.0397 e. The molecular weight excluding hydrogens is 218 g/mol. The van der Waals surface area contributed by atoms with E-state index in [-0.39, 0.29) is 0 Å². The van der Waals surface area contributed by atoms with E-state index in [1.54, 1.807) is 6.20 Å². The predicted octanol–water partition coefficient (Wildman–Crippen LogP) is 3.82. The van der Waals surface area contributed by atoms with Crippen LogP contribution in [0.2, 0.25) is 0 Å². The van der Waals surface area contributed by atoms with Crippen LogP contribution < -0.4 is 5.32 Å². The van der Waals surface area contributed by atoms with Crippen molar-refractivity contribution in [3.05, 3.63) is 83.6 Å². The lowest BCUT2D eigenvalue weighted by Gasteiger charge is -2.10. The Kier molecular flexibility index (Phi) is 4.19. The molecule has 0 saturated heterocycles. The van der Waals surface area contributed by atoms with Gasteiger partial charge in [0.15, 0.2) is 0 Å². The molecule has 2 aromatic carbocycles. The quantitative estimate of drug-likeness (QED) is 0.833. The Labute approximate surface area is 109 Å². The number of rotatable bonds is 5. The van der Waals surface area contributed by atoms with Crippen molar-refractivity contribution in [2.24, 2.45) is 0 Å². The van der Waals surface area contributed by atoms with Gasteiger partial charge in [0.25, 0.3) is 0 Å². The van der Waals surface area contributed by atoms with Crippen molar-refractivity contribution in [2.45, 2.75) is 19.9 Å². The first-order valence-corrected chi connectivity index (χ1v) is 6.26. The zero-order chi connectivity index (χ0) is 12.8. The fourth-order valence-corrected chi connectivity index (χ4v) is 2.13. The summed E-state index contributed by atoms with van der Waals surface area (Å²) in [7, 11) is 0. The first kappa shape index (κ1) is 12.4. The van der Waals surface area contributed by atoms with E-state index in [0.29, 0.717) is 0 Å². The fraction of sp³-hybridized carbons (Fsp3) is 0.176. The van der Waals surface area contributed by atoms with Crippen LogP contribution in [0.3, 0.4) is 0 Å². The first-order chi connectivity index (χ1) is 8.79. The summed E-state index contributed by atoms with van der Waals surface area (Å²) in [6, 6.07) is 17.2. The van der Waals surface area contributed by atoms with E-state index in [9.17, 15) is 0 Å². The summed E-state index contributed by atoms with van der Waals surface area (Å²) in [6.07, 6.45) is 2.72. The molecule has 18 heavy (non-hydrogen) atoms. The van der Waals surface area contributed by atoms with Crippen molar-refractivity contribution in [1.29, 1.82) is 0 Å². The molecule has 0 aliphatic rings. The summed E-state index contributed by atoms with van der Waals surface area (Å²) in [4.78, 5) is 0. The van der Waals surface area contributed by atoms with Gasteiger partial charge in [-0.2, -0.15) is 0 Å².